The first-order valence-corrected chi connectivity index (χ1v) is 11.3. The van der Waals surface area contributed by atoms with Crippen LogP contribution in [-0.2, 0) is 14.4 Å². The van der Waals surface area contributed by atoms with Crippen LogP contribution >= 0.6 is 0 Å². The Hall–Kier alpha value is -4.86. The van der Waals surface area contributed by atoms with Gasteiger partial charge in [0.1, 0.15) is 5.75 Å². The molecule has 10 nitrogen and oxygen atoms in total. The SMILES string of the molecule is COc1ccccc1NC(=O)C(=O)N/N=C\c1ccc(OCC(=O)Nc2ccc(C)c(C)c2)c(OC)c1. The number of nitrogens with zero attached hydrogens (tertiary/aromatic N) is 1. The number of hydrogen-bond donors (Lipinski definition) is 3. The third kappa shape index (κ3) is 7.56. The number of hydrogen-bond acceptors (Lipinski definition) is 7. The molecule has 0 aromatic heterocycles. The zero-order valence-electron chi connectivity index (χ0n) is 21.0. The lowest BCUT2D eigenvalue weighted by molar-refractivity contribution is -0.136. The van der Waals surface area contributed by atoms with Gasteiger partial charge in [-0.05, 0) is 73.0 Å². The van der Waals surface area contributed by atoms with Crippen molar-refractivity contribution in [2.45, 2.75) is 13.8 Å². The van der Waals surface area contributed by atoms with Crippen LogP contribution in [0.1, 0.15) is 16.7 Å². The van der Waals surface area contributed by atoms with Gasteiger partial charge in [-0.1, -0.05) is 18.2 Å². The van der Waals surface area contributed by atoms with Gasteiger partial charge in [-0.25, -0.2) is 5.43 Å². The average Bonchev–Trinajstić information content (AvgIpc) is 2.90. The lowest BCUT2D eigenvalue weighted by Gasteiger charge is -2.12. The highest BCUT2D eigenvalue weighted by atomic mass is 16.5. The predicted molar refractivity (Wildman–Crippen MR) is 140 cm³/mol. The summed E-state index contributed by atoms with van der Waals surface area (Å²) in [6.07, 6.45) is 1.34. The topological polar surface area (TPSA) is 127 Å². The maximum absolute atomic E-state index is 12.3. The molecule has 0 heterocycles. The maximum atomic E-state index is 12.3. The second kappa shape index (κ2) is 12.7. The highest BCUT2D eigenvalue weighted by molar-refractivity contribution is 6.39. The van der Waals surface area contributed by atoms with Crippen LogP contribution in [0.15, 0.2) is 65.8 Å². The van der Waals surface area contributed by atoms with Crippen LogP contribution in [0.3, 0.4) is 0 Å². The van der Waals surface area contributed by atoms with E-state index in [9.17, 15) is 14.4 Å². The molecule has 0 bridgehead atoms. The van der Waals surface area contributed by atoms with Crippen molar-refractivity contribution in [3.05, 3.63) is 77.4 Å². The molecule has 10 heteroatoms. The van der Waals surface area contributed by atoms with Gasteiger partial charge in [-0.2, -0.15) is 5.10 Å². The van der Waals surface area contributed by atoms with Gasteiger partial charge in [0.25, 0.3) is 5.91 Å². The molecule has 3 rings (SSSR count). The van der Waals surface area contributed by atoms with Crippen molar-refractivity contribution in [2.24, 2.45) is 5.10 Å². The fourth-order valence-electron chi connectivity index (χ4n) is 3.19. The standard InChI is InChI=1S/C27H28N4O6/c1-17-9-11-20(13-18(17)2)29-25(32)16-37-23-12-10-19(14-24(23)36-4)15-28-31-27(34)26(33)30-21-7-5-6-8-22(21)35-3/h5-15H,16H2,1-4H3,(H,29,32)(H,30,33)(H,31,34)/b28-15-. The molecule has 0 saturated heterocycles. The van der Waals surface area contributed by atoms with Crippen molar-refractivity contribution in [3.63, 3.8) is 0 Å². The molecule has 3 N–H and O–H groups in total. The third-order valence-corrected chi connectivity index (χ3v) is 5.28. The minimum absolute atomic E-state index is 0.214. The summed E-state index contributed by atoms with van der Waals surface area (Å²) in [5.41, 5.74) is 5.99. The van der Waals surface area contributed by atoms with E-state index in [2.05, 4.69) is 21.2 Å². The summed E-state index contributed by atoms with van der Waals surface area (Å²) in [4.78, 5) is 36.5. The normalized spacial score (nSPS) is 10.5. The minimum atomic E-state index is -0.955. The van der Waals surface area contributed by atoms with Crippen LogP contribution in [0.5, 0.6) is 17.2 Å². The molecular formula is C27H28N4O6. The summed E-state index contributed by atoms with van der Waals surface area (Å²) in [5.74, 6) is -1.03. The van der Waals surface area contributed by atoms with E-state index in [1.54, 1.807) is 42.5 Å². The van der Waals surface area contributed by atoms with Crippen LogP contribution in [-0.4, -0.2) is 44.8 Å². The number of carbonyl (C=O) groups excluding carboxylic acids is 3. The molecule has 0 aliphatic rings. The van der Waals surface area contributed by atoms with E-state index in [-0.39, 0.29) is 12.5 Å². The van der Waals surface area contributed by atoms with E-state index in [0.717, 1.165) is 11.1 Å². The van der Waals surface area contributed by atoms with E-state index < -0.39 is 11.8 Å². The van der Waals surface area contributed by atoms with Crippen LogP contribution in [0.4, 0.5) is 11.4 Å². The predicted octanol–water partition coefficient (Wildman–Crippen LogP) is 3.43. The molecule has 37 heavy (non-hydrogen) atoms. The third-order valence-electron chi connectivity index (χ3n) is 5.28. The summed E-state index contributed by atoms with van der Waals surface area (Å²) in [6, 6.07) is 17.2. The first-order chi connectivity index (χ1) is 17.8. The first kappa shape index (κ1) is 26.7. The zero-order chi connectivity index (χ0) is 26.8. The smallest absolute Gasteiger partial charge is 0.329 e. The Balaban J connectivity index is 1.54. The lowest BCUT2D eigenvalue weighted by atomic mass is 10.1. The van der Waals surface area contributed by atoms with Gasteiger partial charge in [0.15, 0.2) is 18.1 Å². The molecule has 0 saturated carbocycles. The van der Waals surface area contributed by atoms with Crippen LogP contribution in [0.25, 0.3) is 0 Å². The van der Waals surface area contributed by atoms with Crippen molar-refractivity contribution >= 4 is 35.3 Å². The Morgan fingerprint density at radius 1 is 0.811 bits per heavy atom. The number of rotatable bonds is 9. The molecule has 3 aromatic carbocycles. The molecule has 0 unspecified atom stereocenters. The minimum Gasteiger partial charge on any atom is -0.495 e. The zero-order valence-corrected chi connectivity index (χ0v) is 21.0. The Morgan fingerprint density at radius 2 is 1.57 bits per heavy atom. The summed E-state index contributed by atoms with van der Waals surface area (Å²) >= 11 is 0. The van der Waals surface area contributed by atoms with Crippen LogP contribution in [0.2, 0.25) is 0 Å². The number of hydrazone groups is 1. The molecule has 0 atom stereocenters. The van der Waals surface area contributed by atoms with Crippen LogP contribution in [0, 0.1) is 13.8 Å². The van der Waals surface area contributed by atoms with E-state index in [1.165, 1.54) is 20.4 Å². The fourth-order valence-corrected chi connectivity index (χ4v) is 3.19. The summed E-state index contributed by atoms with van der Waals surface area (Å²) in [7, 11) is 2.92. The van der Waals surface area contributed by atoms with Gasteiger partial charge in [-0.3, -0.25) is 14.4 Å². The second-order valence-corrected chi connectivity index (χ2v) is 7.90. The number of amides is 3. The second-order valence-electron chi connectivity index (χ2n) is 7.90. The number of benzene rings is 3. The van der Waals surface area contributed by atoms with Crippen molar-refractivity contribution in [2.75, 3.05) is 31.5 Å². The number of ether oxygens (including phenoxy) is 3. The number of para-hydroxylation sites is 2. The van der Waals surface area contributed by atoms with Crippen molar-refractivity contribution in [1.82, 2.24) is 5.43 Å². The molecule has 0 aliphatic heterocycles. The van der Waals surface area contributed by atoms with E-state index in [0.29, 0.717) is 34.2 Å². The monoisotopic (exact) mass is 504 g/mol. The molecule has 192 valence electrons. The largest absolute Gasteiger partial charge is 0.495 e. The van der Waals surface area contributed by atoms with Crippen LogP contribution < -0.4 is 30.3 Å². The Kier molecular flexibility index (Phi) is 9.20. The number of aryl methyl sites for hydroxylation is 2. The van der Waals surface area contributed by atoms with E-state index in [1.807, 2.05) is 32.0 Å². The lowest BCUT2D eigenvalue weighted by Crippen LogP contribution is -2.32. The number of methoxy groups -OCH3 is 2. The first-order valence-electron chi connectivity index (χ1n) is 11.3. The molecule has 0 radical (unpaired) electrons. The van der Waals surface area contributed by atoms with Gasteiger partial charge in [0.05, 0.1) is 26.1 Å². The van der Waals surface area contributed by atoms with Crippen molar-refractivity contribution in [1.29, 1.82) is 0 Å². The summed E-state index contributed by atoms with van der Waals surface area (Å²) < 4.78 is 16.1. The molecule has 3 amide bonds. The quantitative estimate of drug-likeness (QED) is 0.233. The summed E-state index contributed by atoms with van der Waals surface area (Å²) in [5, 5.41) is 9.06. The number of anilines is 2. The molecule has 3 aromatic rings. The Bertz CT molecular complexity index is 1320. The van der Waals surface area contributed by atoms with Gasteiger partial charge < -0.3 is 24.8 Å². The molecule has 0 fully saturated rings. The van der Waals surface area contributed by atoms with E-state index in [4.69, 9.17) is 14.2 Å². The average molecular weight is 505 g/mol. The molecular weight excluding hydrogens is 476 g/mol. The highest BCUT2D eigenvalue weighted by Gasteiger charge is 2.15. The van der Waals surface area contributed by atoms with Gasteiger partial charge >= 0.3 is 11.8 Å². The number of carbonyl (C=O) groups is 3. The van der Waals surface area contributed by atoms with Gasteiger partial charge in [0, 0.05) is 5.69 Å². The Morgan fingerprint density at radius 3 is 2.30 bits per heavy atom. The summed E-state index contributed by atoms with van der Waals surface area (Å²) in [6.45, 7) is 3.76. The number of nitrogens with one attached hydrogen (secondary N) is 3. The molecule has 0 spiro atoms. The van der Waals surface area contributed by atoms with Crippen molar-refractivity contribution < 1.29 is 28.6 Å². The van der Waals surface area contributed by atoms with Gasteiger partial charge in [-0.15, -0.1) is 0 Å². The van der Waals surface area contributed by atoms with E-state index >= 15 is 0 Å². The fraction of sp³-hybridized carbons (Fsp3) is 0.185. The highest BCUT2D eigenvalue weighted by Crippen LogP contribution is 2.27. The Labute approximate surface area is 214 Å². The van der Waals surface area contributed by atoms with Gasteiger partial charge in [0.2, 0.25) is 0 Å². The maximum Gasteiger partial charge on any atom is 0.329 e. The molecule has 0 aliphatic carbocycles. The van der Waals surface area contributed by atoms with Crippen molar-refractivity contribution in [3.8, 4) is 17.2 Å².